The number of hydrogen-bond acceptors (Lipinski definition) is 5. The summed E-state index contributed by atoms with van der Waals surface area (Å²) in [7, 11) is 1.94. The second-order valence-electron chi connectivity index (χ2n) is 8.14. The molecule has 0 bridgehead atoms. The van der Waals surface area contributed by atoms with Crippen molar-refractivity contribution >= 4 is 29.3 Å². The van der Waals surface area contributed by atoms with Gasteiger partial charge < -0.3 is 9.64 Å². The van der Waals surface area contributed by atoms with Crippen molar-refractivity contribution in [3.63, 3.8) is 0 Å². The highest BCUT2D eigenvalue weighted by atomic mass is 35.5. The lowest BCUT2D eigenvalue weighted by Crippen LogP contribution is -2.39. The van der Waals surface area contributed by atoms with Crippen molar-refractivity contribution in [1.82, 2.24) is 19.7 Å². The van der Waals surface area contributed by atoms with Crippen LogP contribution in [0.5, 0.6) is 0 Å². The Kier molecular flexibility index (Phi) is 7.33. The van der Waals surface area contributed by atoms with Crippen molar-refractivity contribution in [2.45, 2.75) is 68.8 Å². The van der Waals surface area contributed by atoms with E-state index in [0.717, 1.165) is 48.8 Å². The molecule has 1 aromatic carbocycles. The molecule has 2 fully saturated rings. The van der Waals surface area contributed by atoms with Crippen molar-refractivity contribution in [3.05, 3.63) is 29.3 Å². The van der Waals surface area contributed by atoms with Crippen molar-refractivity contribution in [2.75, 3.05) is 19.4 Å². The molecule has 1 atom stereocenters. The number of benzene rings is 1. The van der Waals surface area contributed by atoms with E-state index in [4.69, 9.17) is 16.3 Å². The Bertz CT molecular complexity index is 845. The molecule has 1 aliphatic heterocycles. The van der Waals surface area contributed by atoms with Gasteiger partial charge in [-0.3, -0.25) is 9.36 Å². The van der Waals surface area contributed by atoms with Crippen LogP contribution in [0.1, 0.15) is 44.9 Å². The maximum Gasteiger partial charge on any atom is 0.233 e. The smallest absolute Gasteiger partial charge is 0.233 e. The summed E-state index contributed by atoms with van der Waals surface area (Å²) in [6.07, 6.45) is 8.22. The topological polar surface area (TPSA) is 60.2 Å². The van der Waals surface area contributed by atoms with Crippen molar-refractivity contribution in [3.8, 4) is 11.4 Å². The fourth-order valence-corrected chi connectivity index (χ4v) is 5.26. The lowest BCUT2D eigenvalue weighted by atomic mass is 9.94. The average molecular weight is 449 g/mol. The summed E-state index contributed by atoms with van der Waals surface area (Å²) < 4.78 is 7.95. The third-order valence-electron chi connectivity index (χ3n) is 6.07. The first-order valence-corrected chi connectivity index (χ1v) is 12.2. The molecule has 1 saturated heterocycles. The molecule has 1 saturated carbocycles. The molecule has 162 valence electrons. The van der Waals surface area contributed by atoms with Crippen LogP contribution in [-0.2, 0) is 16.1 Å². The second-order valence-corrected chi connectivity index (χ2v) is 9.52. The fourth-order valence-electron chi connectivity index (χ4n) is 4.26. The minimum atomic E-state index is 0.159. The number of nitrogens with zero attached hydrogens (tertiary/aromatic N) is 4. The standard InChI is InChI=1S/C22H29ClN4O2S/c1-26(18-6-3-2-4-7-18)20(28)15-30-22-25-24-21(16-9-11-17(23)12-10-16)27(22)14-19-8-5-13-29-19/h9-12,18-19H,2-8,13-15H2,1H3. The van der Waals surface area contributed by atoms with E-state index in [1.165, 1.54) is 31.0 Å². The summed E-state index contributed by atoms with van der Waals surface area (Å²) in [6.45, 7) is 1.50. The summed E-state index contributed by atoms with van der Waals surface area (Å²) in [4.78, 5) is 14.7. The third kappa shape index (κ3) is 5.18. The van der Waals surface area contributed by atoms with Gasteiger partial charge in [0, 0.05) is 30.3 Å². The van der Waals surface area contributed by atoms with Gasteiger partial charge in [-0.15, -0.1) is 10.2 Å². The number of ether oxygens (including phenoxy) is 1. The zero-order valence-electron chi connectivity index (χ0n) is 17.4. The number of rotatable bonds is 7. The maximum atomic E-state index is 12.8. The summed E-state index contributed by atoms with van der Waals surface area (Å²) in [5, 5.41) is 10.3. The summed E-state index contributed by atoms with van der Waals surface area (Å²) in [5.41, 5.74) is 0.961. The zero-order valence-corrected chi connectivity index (χ0v) is 19.0. The molecular formula is C22H29ClN4O2S. The molecule has 4 rings (SSSR count). The molecule has 6 nitrogen and oxygen atoms in total. The number of aromatic nitrogens is 3. The van der Waals surface area contributed by atoms with Gasteiger partial charge in [-0.2, -0.15) is 0 Å². The Balaban J connectivity index is 1.48. The van der Waals surface area contributed by atoms with Gasteiger partial charge in [-0.05, 0) is 49.9 Å². The van der Waals surface area contributed by atoms with Crippen molar-refractivity contribution in [1.29, 1.82) is 0 Å². The van der Waals surface area contributed by atoms with Gasteiger partial charge >= 0.3 is 0 Å². The molecule has 1 unspecified atom stereocenters. The molecule has 1 aromatic heterocycles. The minimum absolute atomic E-state index is 0.159. The van der Waals surface area contributed by atoms with Gasteiger partial charge in [-0.1, -0.05) is 42.6 Å². The quantitative estimate of drug-likeness (QED) is 0.576. The van der Waals surface area contributed by atoms with E-state index in [-0.39, 0.29) is 12.0 Å². The fraction of sp³-hybridized carbons (Fsp3) is 0.591. The molecule has 0 spiro atoms. The van der Waals surface area contributed by atoms with Crippen LogP contribution in [0.2, 0.25) is 5.02 Å². The molecule has 8 heteroatoms. The molecule has 2 aromatic rings. The first-order valence-electron chi connectivity index (χ1n) is 10.8. The van der Waals surface area contributed by atoms with E-state index in [1.54, 1.807) is 0 Å². The Morgan fingerprint density at radius 3 is 2.63 bits per heavy atom. The van der Waals surface area contributed by atoms with Crippen molar-refractivity contribution in [2.24, 2.45) is 0 Å². The van der Waals surface area contributed by atoms with Gasteiger partial charge in [0.25, 0.3) is 0 Å². The number of thioether (sulfide) groups is 1. The number of carbonyl (C=O) groups is 1. The Morgan fingerprint density at radius 1 is 1.17 bits per heavy atom. The summed E-state index contributed by atoms with van der Waals surface area (Å²) in [5.74, 6) is 1.32. The van der Waals surface area contributed by atoms with E-state index in [0.29, 0.717) is 23.4 Å². The molecule has 0 N–H and O–H groups in total. The summed E-state index contributed by atoms with van der Waals surface area (Å²) >= 11 is 7.52. The lowest BCUT2D eigenvalue weighted by Gasteiger charge is -2.31. The molecular weight excluding hydrogens is 420 g/mol. The Hall–Kier alpha value is -1.57. The molecule has 0 radical (unpaired) electrons. The van der Waals surface area contributed by atoms with E-state index in [1.807, 2.05) is 36.2 Å². The van der Waals surface area contributed by atoms with E-state index in [2.05, 4.69) is 14.8 Å². The Morgan fingerprint density at radius 2 is 1.93 bits per heavy atom. The van der Waals surface area contributed by atoms with Gasteiger partial charge in [0.1, 0.15) is 0 Å². The molecule has 1 amide bonds. The SMILES string of the molecule is CN(C(=O)CSc1nnc(-c2ccc(Cl)cc2)n1CC1CCCO1)C1CCCCC1. The van der Waals surface area contributed by atoms with Gasteiger partial charge in [0.15, 0.2) is 11.0 Å². The summed E-state index contributed by atoms with van der Waals surface area (Å²) in [6, 6.07) is 8.00. The number of halogens is 1. The van der Waals surface area contributed by atoms with Crippen LogP contribution in [0.4, 0.5) is 0 Å². The van der Waals surface area contributed by atoms with Gasteiger partial charge in [-0.25, -0.2) is 0 Å². The number of hydrogen-bond donors (Lipinski definition) is 0. The molecule has 2 aliphatic rings. The van der Waals surface area contributed by atoms with E-state index < -0.39 is 0 Å². The monoisotopic (exact) mass is 448 g/mol. The van der Waals surface area contributed by atoms with E-state index >= 15 is 0 Å². The zero-order chi connectivity index (χ0) is 20.9. The highest BCUT2D eigenvalue weighted by Crippen LogP contribution is 2.28. The van der Waals surface area contributed by atoms with Crippen LogP contribution < -0.4 is 0 Å². The first-order chi connectivity index (χ1) is 14.6. The highest BCUT2D eigenvalue weighted by Gasteiger charge is 2.25. The van der Waals surface area contributed by atoms with Gasteiger partial charge in [0.05, 0.1) is 18.4 Å². The minimum Gasteiger partial charge on any atom is -0.376 e. The predicted octanol–water partition coefficient (Wildman–Crippen LogP) is 4.66. The molecule has 2 heterocycles. The second kappa shape index (κ2) is 10.2. The van der Waals surface area contributed by atoms with Crippen LogP contribution >= 0.6 is 23.4 Å². The molecule has 30 heavy (non-hydrogen) atoms. The third-order valence-corrected chi connectivity index (χ3v) is 7.27. The van der Waals surface area contributed by atoms with Crippen LogP contribution in [0, 0.1) is 0 Å². The lowest BCUT2D eigenvalue weighted by molar-refractivity contribution is -0.129. The van der Waals surface area contributed by atoms with Crippen LogP contribution in [0.15, 0.2) is 29.4 Å². The largest absolute Gasteiger partial charge is 0.376 e. The normalized spacial score (nSPS) is 19.9. The molecule has 1 aliphatic carbocycles. The van der Waals surface area contributed by atoms with Crippen molar-refractivity contribution < 1.29 is 9.53 Å². The average Bonchev–Trinajstić information content (AvgIpc) is 3.43. The van der Waals surface area contributed by atoms with Crippen LogP contribution in [0.25, 0.3) is 11.4 Å². The van der Waals surface area contributed by atoms with Crippen LogP contribution in [-0.4, -0.2) is 57.1 Å². The number of carbonyl (C=O) groups excluding carboxylic acids is 1. The van der Waals surface area contributed by atoms with Crippen LogP contribution in [0.3, 0.4) is 0 Å². The van der Waals surface area contributed by atoms with E-state index in [9.17, 15) is 4.79 Å². The van der Waals surface area contributed by atoms with Gasteiger partial charge in [0.2, 0.25) is 5.91 Å². The maximum absolute atomic E-state index is 12.8. The predicted molar refractivity (Wildman–Crippen MR) is 120 cm³/mol. The first kappa shape index (κ1) is 21.7. The highest BCUT2D eigenvalue weighted by molar-refractivity contribution is 7.99. The Labute approximate surface area is 187 Å². The number of amides is 1.